The molecule has 0 amide bonds. The predicted molar refractivity (Wildman–Crippen MR) is 86.2 cm³/mol. The van der Waals surface area contributed by atoms with Crippen molar-refractivity contribution < 1.29 is 10.2 Å². The molecule has 20 heavy (non-hydrogen) atoms. The summed E-state index contributed by atoms with van der Waals surface area (Å²) in [5, 5.41) is 19.1. The van der Waals surface area contributed by atoms with Crippen LogP contribution in [0.2, 0.25) is 0 Å². The SMILES string of the molecule is CCCSc1ccc(C(O)CCN(CC)CCO)cc1. The Bertz CT molecular complexity index is 356. The second kappa shape index (κ2) is 10.2. The molecular formula is C16H27NO2S. The minimum absolute atomic E-state index is 0.174. The second-order valence-corrected chi connectivity index (χ2v) is 6.05. The fourth-order valence-electron chi connectivity index (χ4n) is 2.05. The van der Waals surface area contributed by atoms with E-state index < -0.39 is 6.10 Å². The van der Waals surface area contributed by atoms with E-state index in [2.05, 4.69) is 30.9 Å². The summed E-state index contributed by atoms with van der Waals surface area (Å²) in [5.41, 5.74) is 0.978. The molecule has 4 heteroatoms. The summed E-state index contributed by atoms with van der Waals surface area (Å²) in [5.74, 6) is 1.13. The first-order valence-electron chi connectivity index (χ1n) is 7.45. The van der Waals surface area contributed by atoms with E-state index in [-0.39, 0.29) is 6.61 Å². The van der Waals surface area contributed by atoms with Crippen LogP contribution in [0.15, 0.2) is 29.2 Å². The summed E-state index contributed by atoms with van der Waals surface area (Å²) >= 11 is 1.85. The number of nitrogens with zero attached hydrogens (tertiary/aromatic N) is 1. The van der Waals surface area contributed by atoms with Crippen molar-refractivity contribution in [2.24, 2.45) is 0 Å². The van der Waals surface area contributed by atoms with Crippen LogP contribution in [-0.4, -0.2) is 47.1 Å². The lowest BCUT2D eigenvalue weighted by molar-refractivity contribution is 0.133. The van der Waals surface area contributed by atoms with Crippen molar-refractivity contribution in [1.29, 1.82) is 0 Å². The number of hydrogen-bond donors (Lipinski definition) is 2. The van der Waals surface area contributed by atoms with Gasteiger partial charge in [-0.15, -0.1) is 11.8 Å². The Labute approximate surface area is 127 Å². The van der Waals surface area contributed by atoms with Gasteiger partial charge in [0.05, 0.1) is 12.7 Å². The first-order valence-corrected chi connectivity index (χ1v) is 8.43. The van der Waals surface area contributed by atoms with E-state index in [4.69, 9.17) is 5.11 Å². The van der Waals surface area contributed by atoms with E-state index in [9.17, 15) is 5.11 Å². The molecule has 1 aromatic rings. The van der Waals surface area contributed by atoms with Crippen LogP contribution in [-0.2, 0) is 0 Å². The van der Waals surface area contributed by atoms with Crippen molar-refractivity contribution in [3.05, 3.63) is 29.8 Å². The molecule has 0 radical (unpaired) electrons. The first kappa shape index (κ1) is 17.5. The Morgan fingerprint density at radius 2 is 1.85 bits per heavy atom. The molecule has 0 spiro atoms. The Kier molecular flexibility index (Phi) is 8.94. The van der Waals surface area contributed by atoms with E-state index >= 15 is 0 Å². The lowest BCUT2D eigenvalue weighted by atomic mass is 10.1. The van der Waals surface area contributed by atoms with Gasteiger partial charge in [0.1, 0.15) is 0 Å². The van der Waals surface area contributed by atoms with Gasteiger partial charge in [0.15, 0.2) is 0 Å². The molecule has 0 saturated heterocycles. The third-order valence-corrected chi connectivity index (χ3v) is 4.54. The highest BCUT2D eigenvalue weighted by molar-refractivity contribution is 7.99. The van der Waals surface area contributed by atoms with Crippen molar-refractivity contribution in [1.82, 2.24) is 4.90 Å². The Hall–Kier alpha value is -0.550. The number of thioether (sulfide) groups is 1. The summed E-state index contributed by atoms with van der Waals surface area (Å²) < 4.78 is 0. The monoisotopic (exact) mass is 297 g/mol. The van der Waals surface area contributed by atoms with Crippen LogP contribution in [0.5, 0.6) is 0 Å². The van der Waals surface area contributed by atoms with Crippen LogP contribution in [0.25, 0.3) is 0 Å². The van der Waals surface area contributed by atoms with Gasteiger partial charge in [-0.25, -0.2) is 0 Å². The maximum atomic E-state index is 10.2. The van der Waals surface area contributed by atoms with Crippen LogP contribution in [0, 0.1) is 0 Å². The molecule has 0 aliphatic carbocycles. The highest BCUT2D eigenvalue weighted by atomic mass is 32.2. The first-order chi connectivity index (χ1) is 9.71. The Balaban J connectivity index is 2.44. The molecule has 0 aliphatic heterocycles. The molecule has 0 aromatic heterocycles. The van der Waals surface area contributed by atoms with E-state index in [0.29, 0.717) is 13.0 Å². The number of aliphatic hydroxyl groups excluding tert-OH is 2. The standard InChI is InChI=1S/C16H27NO2S/c1-3-13-20-15-7-5-14(6-8-15)16(19)9-10-17(4-2)11-12-18/h5-8,16,18-19H,3-4,9-13H2,1-2H3. The highest BCUT2D eigenvalue weighted by Crippen LogP contribution is 2.23. The van der Waals surface area contributed by atoms with Crippen molar-refractivity contribution in [3.8, 4) is 0 Å². The van der Waals surface area contributed by atoms with Crippen LogP contribution in [0.1, 0.15) is 38.4 Å². The van der Waals surface area contributed by atoms with Gasteiger partial charge in [-0.05, 0) is 42.8 Å². The van der Waals surface area contributed by atoms with Gasteiger partial charge < -0.3 is 15.1 Å². The van der Waals surface area contributed by atoms with E-state index in [1.165, 1.54) is 11.3 Å². The van der Waals surface area contributed by atoms with E-state index in [1.807, 2.05) is 23.9 Å². The summed E-state index contributed by atoms with van der Waals surface area (Å²) in [4.78, 5) is 3.41. The maximum absolute atomic E-state index is 10.2. The van der Waals surface area contributed by atoms with Crippen LogP contribution in [0.4, 0.5) is 0 Å². The van der Waals surface area contributed by atoms with Crippen molar-refractivity contribution in [3.63, 3.8) is 0 Å². The minimum Gasteiger partial charge on any atom is -0.395 e. The maximum Gasteiger partial charge on any atom is 0.0802 e. The summed E-state index contributed by atoms with van der Waals surface area (Å²) in [6.45, 7) is 6.81. The molecule has 0 heterocycles. The van der Waals surface area contributed by atoms with Crippen LogP contribution < -0.4 is 0 Å². The molecule has 0 saturated carbocycles. The lowest BCUT2D eigenvalue weighted by Gasteiger charge is -2.21. The van der Waals surface area contributed by atoms with Crippen LogP contribution in [0.3, 0.4) is 0 Å². The molecule has 1 aromatic carbocycles. The fourth-order valence-corrected chi connectivity index (χ4v) is 2.82. The largest absolute Gasteiger partial charge is 0.395 e. The average Bonchev–Trinajstić information content (AvgIpc) is 2.49. The number of hydrogen-bond acceptors (Lipinski definition) is 4. The average molecular weight is 297 g/mol. The predicted octanol–water partition coefficient (Wildman–Crippen LogP) is 2.93. The number of rotatable bonds is 10. The zero-order valence-electron chi connectivity index (χ0n) is 12.6. The zero-order chi connectivity index (χ0) is 14.8. The lowest BCUT2D eigenvalue weighted by Crippen LogP contribution is -2.28. The zero-order valence-corrected chi connectivity index (χ0v) is 13.4. The molecule has 2 N–H and O–H groups in total. The van der Waals surface area contributed by atoms with Crippen molar-refractivity contribution >= 4 is 11.8 Å². The fraction of sp³-hybridized carbons (Fsp3) is 0.625. The number of aliphatic hydroxyl groups is 2. The van der Waals surface area contributed by atoms with Gasteiger partial charge >= 0.3 is 0 Å². The molecular weight excluding hydrogens is 270 g/mol. The van der Waals surface area contributed by atoms with Crippen molar-refractivity contribution in [2.45, 2.75) is 37.7 Å². The molecule has 114 valence electrons. The second-order valence-electron chi connectivity index (χ2n) is 4.88. The number of likely N-dealkylation sites (N-methyl/N-ethyl adjacent to an activating group) is 1. The Morgan fingerprint density at radius 1 is 1.15 bits per heavy atom. The summed E-state index contributed by atoms with van der Waals surface area (Å²) in [6.07, 6.45) is 1.45. The summed E-state index contributed by atoms with van der Waals surface area (Å²) in [6, 6.07) is 8.21. The van der Waals surface area contributed by atoms with Gasteiger partial charge in [0, 0.05) is 18.0 Å². The third-order valence-electron chi connectivity index (χ3n) is 3.32. The van der Waals surface area contributed by atoms with Gasteiger partial charge in [-0.1, -0.05) is 26.0 Å². The minimum atomic E-state index is -0.423. The van der Waals surface area contributed by atoms with E-state index in [1.54, 1.807) is 0 Å². The molecule has 0 aliphatic rings. The third kappa shape index (κ3) is 6.27. The quantitative estimate of drug-likeness (QED) is 0.652. The topological polar surface area (TPSA) is 43.7 Å². The summed E-state index contributed by atoms with van der Waals surface area (Å²) in [7, 11) is 0. The molecule has 0 fully saturated rings. The number of benzene rings is 1. The normalized spacial score (nSPS) is 12.8. The smallest absolute Gasteiger partial charge is 0.0802 e. The van der Waals surface area contributed by atoms with Gasteiger partial charge in [0.2, 0.25) is 0 Å². The molecule has 0 bridgehead atoms. The van der Waals surface area contributed by atoms with Gasteiger partial charge in [-0.3, -0.25) is 0 Å². The highest BCUT2D eigenvalue weighted by Gasteiger charge is 2.10. The molecule has 1 rings (SSSR count). The Morgan fingerprint density at radius 3 is 2.40 bits per heavy atom. The van der Waals surface area contributed by atoms with Gasteiger partial charge in [0.25, 0.3) is 0 Å². The van der Waals surface area contributed by atoms with Crippen molar-refractivity contribution in [2.75, 3.05) is 32.0 Å². The van der Waals surface area contributed by atoms with Gasteiger partial charge in [-0.2, -0.15) is 0 Å². The van der Waals surface area contributed by atoms with E-state index in [0.717, 1.165) is 24.4 Å². The van der Waals surface area contributed by atoms with Crippen LogP contribution >= 0.6 is 11.8 Å². The molecule has 1 atom stereocenters. The molecule has 3 nitrogen and oxygen atoms in total. The molecule has 1 unspecified atom stereocenters.